The molecule has 150 valence electrons. The van der Waals surface area contributed by atoms with Crippen LogP contribution in [0.4, 0.5) is 0 Å². The Morgan fingerprint density at radius 3 is 2.14 bits per heavy atom. The number of aryl methyl sites for hydroxylation is 1. The molecule has 1 heterocycles. The van der Waals surface area contributed by atoms with Crippen molar-refractivity contribution in [1.82, 2.24) is 9.29 Å². The number of nitrogens with one attached hydrogen (secondary N) is 1. The molecule has 0 saturated heterocycles. The Kier molecular flexibility index (Phi) is 5.50. The summed E-state index contributed by atoms with van der Waals surface area (Å²) < 4.78 is 35.3. The summed E-state index contributed by atoms with van der Waals surface area (Å²) in [5, 5.41) is 0. The number of hydrogen-bond acceptors (Lipinski definition) is 4. The second kappa shape index (κ2) is 7.56. The van der Waals surface area contributed by atoms with Crippen LogP contribution in [-0.2, 0) is 17.1 Å². The summed E-state index contributed by atoms with van der Waals surface area (Å²) in [4.78, 5) is 11.7. The monoisotopic (exact) mass is 402 g/mol. The molecule has 0 aliphatic heterocycles. The first-order chi connectivity index (χ1) is 13.1. The van der Waals surface area contributed by atoms with E-state index in [1.165, 1.54) is 22.3 Å². The summed E-state index contributed by atoms with van der Waals surface area (Å²) in [5.74, 6) is -0.0589. The molecule has 3 rings (SSSR count). The summed E-state index contributed by atoms with van der Waals surface area (Å²) in [7, 11) is -2.22. The SMILES string of the molecule is CC(C)c1ccc([C@H](NS(=O)(=O)c2ccc3c(c2)oc(=O)n3C)C(C)C)cc1. The normalized spacial score (nSPS) is 13.5. The Labute approximate surface area is 165 Å². The Morgan fingerprint density at radius 1 is 0.964 bits per heavy atom. The number of nitrogens with zero attached hydrogens (tertiary/aromatic N) is 1. The Balaban J connectivity index is 1.94. The van der Waals surface area contributed by atoms with Crippen molar-refractivity contribution in [3.05, 3.63) is 64.1 Å². The number of aromatic nitrogens is 1. The van der Waals surface area contributed by atoms with Crippen LogP contribution < -0.4 is 10.5 Å². The standard InChI is InChI=1S/C21H26N2O4S/c1-13(2)15-6-8-16(9-7-15)20(14(3)4)22-28(25,26)17-10-11-18-19(12-17)27-21(24)23(18)5/h6-14,20,22H,1-5H3/t20-/m1/s1. The van der Waals surface area contributed by atoms with Gasteiger partial charge in [0.25, 0.3) is 0 Å². The van der Waals surface area contributed by atoms with Crippen molar-refractivity contribution < 1.29 is 12.8 Å². The number of hydrogen-bond donors (Lipinski definition) is 1. The van der Waals surface area contributed by atoms with E-state index >= 15 is 0 Å². The lowest BCUT2D eigenvalue weighted by atomic mass is 9.94. The van der Waals surface area contributed by atoms with E-state index in [4.69, 9.17) is 4.42 Å². The number of oxazole rings is 1. The van der Waals surface area contributed by atoms with Gasteiger partial charge in [-0.05, 0) is 35.1 Å². The molecule has 7 heteroatoms. The molecule has 0 unspecified atom stereocenters. The lowest BCUT2D eigenvalue weighted by molar-refractivity contribution is 0.463. The molecule has 0 aliphatic carbocycles. The summed E-state index contributed by atoms with van der Waals surface area (Å²) in [6.07, 6.45) is 0. The van der Waals surface area contributed by atoms with Crippen LogP contribution in [0.1, 0.15) is 50.8 Å². The largest absolute Gasteiger partial charge is 0.419 e. The third kappa shape index (κ3) is 3.91. The van der Waals surface area contributed by atoms with E-state index in [0.717, 1.165) is 5.56 Å². The zero-order valence-electron chi connectivity index (χ0n) is 16.8. The molecule has 6 nitrogen and oxygen atoms in total. The second-order valence-electron chi connectivity index (χ2n) is 7.72. The minimum Gasteiger partial charge on any atom is -0.408 e. The lowest BCUT2D eigenvalue weighted by Crippen LogP contribution is -2.31. The minimum absolute atomic E-state index is 0.0538. The highest BCUT2D eigenvalue weighted by molar-refractivity contribution is 7.89. The van der Waals surface area contributed by atoms with Gasteiger partial charge in [-0.15, -0.1) is 0 Å². The fraction of sp³-hybridized carbons (Fsp3) is 0.381. The van der Waals surface area contributed by atoms with Crippen molar-refractivity contribution in [1.29, 1.82) is 0 Å². The van der Waals surface area contributed by atoms with Gasteiger partial charge >= 0.3 is 5.76 Å². The van der Waals surface area contributed by atoms with Crippen LogP contribution in [-0.4, -0.2) is 13.0 Å². The molecule has 1 N–H and O–H groups in total. The summed E-state index contributed by atoms with van der Waals surface area (Å²) in [6, 6.07) is 12.1. The first-order valence-corrected chi connectivity index (χ1v) is 10.8. The highest BCUT2D eigenvalue weighted by Crippen LogP contribution is 2.27. The smallest absolute Gasteiger partial charge is 0.408 e. The van der Waals surface area contributed by atoms with Crippen molar-refractivity contribution >= 4 is 21.1 Å². The van der Waals surface area contributed by atoms with Gasteiger partial charge in [0.05, 0.1) is 10.4 Å². The van der Waals surface area contributed by atoms with Gasteiger partial charge in [0.2, 0.25) is 10.0 Å². The molecule has 1 aromatic heterocycles. The topological polar surface area (TPSA) is 81.3 Å². The van der Waals surface area contributed by atoms with Crippen molar-refractivity contribution in [2.45, 2.75) is 44.6 Å². The maximum absolute atomic E-state index is 13.0. The zero-order chi connectivity index (χ0) is 20.6. The van der Waals surface area contributed by atoms with Crippen LogP contribution in [0.3, 0.4) is 0 Å². The van der Waals surface area contributed by atoms with Crippen LogP contribution in [0.25, 0.3) is 11.1 Å². The summed E-state index contributed by atoms with van der Waals surface area (Å²) >= 11 is 0. The highest BCUT2D eigenvalue weighted by Gasteiger charge is 2.25. The lowest BCUT2D eigenvalue weighted by Gasteiger charge is -2.23. The molecule has 0 fully saturated rings. The molecule has 3 aromatic rings. The molecule has 2 aromatic carbocycles. The summed E-state index contributed by atoms with van der Waals surface area (Å²) in [5.41, 5.74) is 2.92. The van der Waals surface area contributed by atoms with Gasteiger partial charge in [0.15, 0.2) is 5.58 Å². The predicted octanol–water partition coefficient (Wildman–Crippen LogP) is 3.93. The van der Waals surface area contributed by atoms with E-state index in [0.29, 0.717) is 11.4 Å². The third-order valence-electron chi connectivity index (χ3n) is 4.99. The molecule has 0 spiro atoms. The van der Waals surface area contributed by atoms with Gasteiger partial charge in [0, 0.05) is 19.2 Å². The van der Waals surface area contributed by atoms with Gasteiger partial charge in [-0.3, -0.25) is 4.57 Å². The van der Waals surface area contributed by atoms with E-state index < -0.39 is 15.8 Å². The molecular weight excluding hydrogens is 376 g/mol. The Bertz CT molecular complexity index is 1140. The highest BCUT2D eigenvalue weighted by atomic mass is 32.2. The predicted molar refractivity (Wildman–Crippen MR) is 110 cm³/mol. The first-order valence-electron chi connectivity index (χ1n) is 9.32. The molecule has 0 amide bonds. The number of benzene rings is 2. The van der Waals surface area contributed by atoms with Crippen LogP contribution in [0.15, 0.2) is 56.6 Å². The van der Waals surface area contributed by atoms with E-state index in [9.17, 15) is 13.2 Å². The van der Waals surface area contributed by atoms with Crippen molar-refractivity contribution in [2.75, 3.05) is 0 Å². The molecule has 28 heavy (non-hydrogen) atoms. The molecule has 0 radical (unpaired) electrons. The summed E-state index contributed by atoms with van der Waals surface area (Å²) in [6.45, 7) is 8.19. The third-order valence-corrected chi connectivity index (χ3v) is 6.42. The van der Waals surface area contributed by atoms with E-state index in [1.807, 2.05) is 38.1 Å². The van der Waals surface area contributed by atoms with E-state index in [1.54, 1.807) is 13.1 Å². The minimum atomic E-state index is -3.80. The van der Waals surface area contributed by atoms with Crippen molar-refractivity contribution in [2.24, 2.45) is 13.0 Å². The maximum atomic E-state index is 13.0. The van der Waals surface area contributed by atoms with E-state index in [2.05, 4.69) is 18.6 Å². The van der Waals surface area contributed by atoms with Crippen molar-refractivity contribution in [3.8, 4) is 0 Å². The van der Waals surface area contributed by atoms with Crippen molar-refractivity contribution in [3.63, 3.8) is 0 Å². The average molecular weight is 403 g/mol. The zero-order valence-corrected chi connectivity index (χ0v) is 17.6. The van der Waals surface area contributed by atoms with Gasteiger partial charge in [-0.25, -0.2) is 17.9 Å². The van der Waals surface area contributed by atoms with Gasteiger partial charge in [-0.1, -0.05) is 52.0 Å². The number of sulfonamides is 1. The van der Waals surface area contributed by atoms with Crippen LogP contribution in [0.2, 0.25) is 0 Å². The number of fused-ring (bicyclic) bond motifs is 1. The van der Waals surface area contributed by atoms with Gasteiger partial charge in [-0.2, -0.15) is 0 Å². The first kappa shape index (κ1) is 20.4. The van der Waals surface area contributed by atoms with Crippen LogP contribution >= 0.6 is 0 Å². The van der Waals surface area contributed by atoms with Crippen LogP contribution in [0, 0.1) is 5.92 Å². The average Bonchev–Trinajstić information content (AvgIpc) is 2.93. The maximum Gasteiger partial charge on any atom is 0.419 e. The van der Waals surface area contributed by atoms with Gasteiger partial charge in [0.1, 0.15) is 0 Å². The molecule has 0 saturated carbocycles. The van der Waals surface area contributed by atoms with Crippen LogP contribution in [0.5, 0.6) is 0 Å². The van der Waals surface area contributed by atoms with Gasteiger partial charge < -0.3 is 4.42 Å². The fourth-order valence-electron chi connectivity index (χ4n) is 3.19. The quantitative estimate of drug-likeness (QED) is 0.677. The fourth-order valence-corrected chi connectivity index (χ4v) is 4.58. The number of rotatable bonds is 6. The Hall–Kier alpha value is -2.38. The molecule has 0 aliphatic rings. The van der Waals surface area contributed by atoms with E-state index in [-0.39, 0.29) is 22.4 Å². The Morgan fingerprint density at radius 2 is 1.57 bits per heavy atom. The molecule has 0 bridgehead atoms. The molecular formula is C21H26N2O4S. The second-order valence-corrected chi connectivity index (χ2v) is 9.43. The molecule has 1 atom stereocenters.